The van der Waals surface area contributed by atoms with Gasteiger partial charge in [0.1, 0.15) is 4.21 Å². The van der Waals surface area contributed by atoms with Crippen LogP contribution in [0.15, 0.2) is 69.8 Å². The summed E-state index contributed by atoms with van der Waals surface area (Å²) >= 11 is 6.83. The van der Waals surface area contributed by atoms with E-state index in [9.17, 15) is 13.2 Å². The number of benzene rings is 2. The number of nitrogens with one attached hydrogen (secondary N) is 1. The maximum atomic E-state index is 12.6. The van der Waals surface area contributed by atoms with Gasteiger partial charge in [0.25, 0.3) is 5.91 Å². The van der Waals surface area contributed by atoms with Crippen molar-refractivity contribution < 1.29 is 13.2 Å². The highest BCUT2D eigenvalue weighted by Gasteiger charge is 2.21. The maximum absolute atomic E-state index is 12.6. The second kappa shape index (κ2) is 7.00. The van der Waals surface area contributed by atoms with Crippen LogP contribution in [0.25, 0.3) is 0 Å². The van der Waals surface area contributed by atoms with Crippen LogP contribution in [0, 0.1) is 6.92 Å². The number of thiophene rings is 1. The largest absolute Gasteiger partial charge is 0.321 e. The van der Waals surface area contributed by atoms with Crippen molar-refractivity contribution in [3.63, 3.8) is 0 Å². The number of sulfone groups is 1. The van der Waals surface area contributed by atoms with Crippen LogP contribution in [0.4, 0.5) is 5.69 Å². The average molecular weight is 392 g/mol. The summed E-state index contributed by atoms with van der Waals surface area (Å²) in [6.45, 7) is 1.89. The van der Waals surface area contributed by atoms with Crippen LogP contribution < -0.4 is 5.32 Å². The summed E-state index contributed by atoms with van der Waals surface area (Å²) in [4.78, 5) is 12.8. The molecule has 0 atom stereocenters. The molecule has 3 rings (SSSR count). The number of rotatable bonds is 4. The molecule has 7 heteroatoms. The van der Waals surface area contributed by atoms with Gasteiger partial charge in [-0.05, 0) is 49.4 Å². The van der Waals surface area contributed by atoms with E-state index in [1.807, 2.05) is 6.92 Å². The first kappa shape index (κ1) is 17.7. The third kappa shape index (κ3) is 3.92. The molecule has 2 aromatic carbocycles. The molecule has 1 heterocycles. The quantitative estimate of drug-likeness (QED) is 0.695. The monoisotopic (exact) mass is 391 g/mol. The van der Waals surface area contributed by atoms with Crippen molar-refractivity contribution in [1.29, 1.82) is 0 Å². The van der Waals surface area contributed by atoms with Crippen LogP contribution >= 0.6 is 22.9 Å². The van der Waals surface area contributed by atoms with Gasteiger partial charge in [0.15, 0.2) is 0 Å². The van der Waals surface area contributed by atoms with Crippen LogP contribution in [0.5, 0.6) is 0 Å². The Morgan fingerprint density at radius 3 is 2.44 bits per heavy atom. The predicted molar refractivity (Wildman–Crippen MR) is 100 cm³/mol. The number of halogens is 1. The molecule has 128 valence electrons. The van der Waals surface area contributed by atoms with E-state index in [-0.39, 0.29) is 15.0 Å². The molecule has 1 aromatic heterocycles. The highest BCUT2D eigenvalue weighted by molar-refractivity contribution is 7.93. The lowest BCUT2D eigenvalue weighted by Gasteiger charge is -2.04. The number of carbonyl (C=O) groups excluding carboxylic acids is 1. The molecular weight excluding hydrogens is 378 g/mol. The van der Waals surface area contributed by atoms with Gasteiger partial charge < -0.3 is 5.32 Å². The Bertz CT molecular complexity index is 1020. The SMILES string of the molecule is Cc1ccc(S(=O)(=O)c2ccc(C(=O)Nc3cccc(Cl)c3)s2)cc1. The number of carbonyl (C=O) groups is 1. The zero-order chi connectivity index (χ0) is 18.0. The van der Waals surface area contributed by atoms with E-state index in [2.05, 4.69) is 5.32 Å². The first-order valence-corrected chi connectivity index (χ1v) is 10.0. The van der Waals surface area contributed by atoms with Gasteiger partial charge in [-0.25, -0.2) is 8.42 Å². The zero-order valence-corrected chi connectivity index (χ0v) is 15.6. The molecule has 0 radical (unpaired) electrons. The van der Waals surface area contributed by atoms with Crippen LogP contribution in [0.1, 0.15) is 15.2 Å². The second-order valence-electron chi connectivity index (χ2n) is 5.40. The van der Waals surface area contributed by atoms with E-state index < -0.39 is 9.84 Å². The number of hydrogen-bond donors (Lipinski definition) is 1. The van der Waals surface area contributed by atoms with Gasteiger partial charge in [0.2, 0.25) is 9.84 Å². The molecule has 0 saturated carbocycles. The number of aryl methyl sites for hydroxylation is 1. The van der Waals surface area contributed by atoms with Crippen LogP contribution in [-0.4, -0.2) is 14.3 Å². The smallest absolute Gasteiger partial charge is 0.265 e. The Kier molecular flexibility index (Phi) is 4.94. The van der Waals surface area contributed by atoms with Crippen LogP contribution in [0.2, 0.25) is 5.02 Å². The summed E-state index contributed by atoms with van der Waals surface area (Å²) in [5, 5.41) is 3.21. The van der Waals surface area contributed by atoms with E-state index >= 15 is 0 Å². The van der Waals surface area contributed by atoms with Crippen molar-refractivity contribution >= 4 is 44.4 Å². The Balaban J connectivity index is 1.84. The van der Waals surface area contributed by atoms with Crippen LogP contribution in [0.3, 0.4) is 0 Å². The minimum Gasteiger partial charge on any atom is -0.321 e. The Morgan fingerprint density at radius 1 is 1.04 bits per heavy atom. The highest BCUT2D eigenvalue weighted by Crippen LogP contribution is 2.28. The van der Waals surface area contributed by atoms with Gasteiger partial charge in [-0.1, -0.05) is 35.4 Å². The van der Waals surface area contributed by atoms with Crippen molar-refractivity contribution in [2.45, 2.75) is 16.0 Å². The molecular formula is C18H14ClNO3S2. The number of anilines is 1. The summed E-state index contributed by atoms with van der Waals surface area (Å²) in [6.07, 6.45) is 0. The van der Waals surface area contributed by atoms with E-state index in [4.69, 9.17) is 11.6 Å². The van der Waals surface area contributed by atoms with E-state index in [1.54, 1.807) is 48.5 Å². The fourth-order valence-electron chi connectivity index (χ4n) is 2.18. The van der Waals surface area contributed by atoms with E-state index in [0.717, 1.165) is 16.9 Å². The fourth-order valence-corrected chi connectivity index (χ4v) is 4.97. The molecule has 4 nitrogen and oxygen atoms in total. The van der Waals surface area contributed by atoms with E-state index in [0.29, 0.717) is 15.6 Å². The highest BCUT2D eigenvalue weighted by atomic mass is 35.5. The molecule has 0 fully saturated rings. The Morgan fingerprint density at radius 2 is 1.76 bits per heavy atom. The Hall–Kier alpha value is -2.15. The van der Waals surface area contributed by atoms with Crippen molar-refractivity contribution in [3.05, 3.63) is 76.1 Å². The molecule has 25 heavy (non-hydrogen) atoms. The molecule has 0 aliphatic heterocycles. The van der Waals surface area contributed by atoms with Crippen molar-refractivity contribution in [1.82, 2.24) is 0 Å². The van der Waals surface area contributed by atoms with E-state index in [1.165, 1.54) is 12.1 Å². The lowest BCUT2D eigenvalue weighted by Crippen LogP contribution is -2.09. The fraction of sp³-hybridized carbons (Fsp3) is 0.0556. The lowest BCUT2D eigenvalue weighted by molar-refractivity contribution is 0.103. The van der Waals surface area contributed by atoms with Gasteiger partial charge in [-0.2, -0.15) is 0 Å². The first-order valence-electron chi connectivity index (χ1n) is 7.35. The molecule has 3 aromatic rings. The van der Waals surface area contributed by atoms with Crippen molar-refractivity contribution in [2.75, 3.05) is 5.32 Å². The van der Waals surface area contributed by atoms with Gasteiger partial charge >= 0.3 is 0 Å². The summed E-state index contributed by atoms with van der Waals surface area (Å²) < 4.78 is 25.4. The second-order valence-corrected chi connectivity index (χ2v) is 9.10. The molecule has 0 aliphatic carbocycles. The molecule has 1 N–H and O–H groups in total. The number of hydrogen-bond acceptors (Lipinski definition) is 4. The van der Waals surface area contributed by atoms with Gasteiger partial charge in [0, 0.05) is 10.7 Å². The molecule has 0 bridgehead atoms. The molecule has 1 amide bonds. The minimum atomic E-state index is -3.63. The maximum Gasteiger partial charge on any atom is 0.265 e. The lowest BCUT2D eigenvalue weighted by atomic mass is 10.2. The summed E-state index contributed by atoms with van der Waals surface area (Å²) in [6, 6.07) is 16.3. The standard InChI is InChI=1S/C18H14ClNO3S2/c1-12-5-7-15(8-6-12)25(22,23)17-10-9-16(24-17)18(21)20-14-4-2-3-13(19)11-14/h2-11H,1H3,(H,20,21). The summed E-state index contributed by atoms with van der Waals surface area (Å²) in [5.41, 5.74) is 1.53. The third-order valence-corrected chi connectivity index (χ3v) is 7.06. The Labute approximate surface area is 155 Å². The van der Waals surface area contributed by atoms with Gasteiger partial charge in [-0.15, -0.1) is 11.3 Å². The molecule has 0 saturated heterocycles. The summed E-state index contributed by atoms with van der Waals surface area (Å²) in [5.74, 6) is -0.377. The van der Waals surface area contributed by atoms with Crippen LogP contribution in [-0.2, 0) is 9.84 Å². The minimum absolute atomic E-state index is 0.132. The molecule has 0 aliphatic rings. The normalized spacial score (nSPS) is 11.3. The molecule has 0 spiro atoms. The third-order valence-electron chi connectivity index (χ3n) is 3.48. The average Bonchev–Trinajstić information content (AvgIpc) is 3.06. The first-order chi connectivity index (χ1) is 11.9. The summed E-state index contributed by atoms with van der Waals surface area (Å²) in [7, 11) is -3.63. The zero-order valence-electron chi connectivity index (χ0n) is 13.2. The van der Waals surface area contributed by atoms with Crippen molar-refractivity contribution in [2.24, 2.45) is 0 Å². The molecule has 0 unspecified atom stereocenters. The van der Waals surface area contributed by atoms with Gasteiger partial charge in [0.05, 0.1) is 9.77 Å². The topological polar surface area (TPSA) is 63.2 Å². The number of amides is 1. The van der Waals surface area contributed by atoms with Crippen molar-refractivity contribution in [3.8, 4) is 0 Å². The predicted octanol–water partition coefficient (Wildman–Crippen LogP) is 4.80. The van der Waals surface area contributed by atoms with Gasteiger partial charge in [-0.3, -0.25) is 4.79 Å².